The van der Waals surface area contributed by atoms with Crippen molar-refractivity contribution in [3.63, 3.8) is 0 Å². The minimum absolute atomic E-state index is 0.276. The summed E-state index contributed by atoms with van der Waals surface area (Å²) in [5.41, 5.74) is 1.32. The van der Waals surface area contributed by atoms with Crippen molar-refractivity contribution < 1.29 is 4.79 Å². The molecule has 1 unspecified atom stereocenters. The van der Waals surface area contributed by atoms with Gasteiger partial charge in [0, 0.05) is 6.42 Å². The van der Waals surface area contributed by atoms with Gasteiger partial charge in [-0.3, -0.25) is 0 Å². The maximum atomic E-state index is 11.0. The first-order valence-electron chi connectivity index (χ1n) is 6.15. The highest BCUT2D eigenvalue weighted by Gasteiger charge is 2.07. The highest BCUT2D eigenvalue weighted by molar-refractivity contribution is 5.83. The van der Waals surface area contributed by atoms with Gasteiger partial charge in [0.1, 0.15) is 5.78 Å². The first-order chi connectivity index (χ1) is 8.16. The Morgan fingerprint density at radius 3 is 2.53 bits per heavy atom. The number of carbonyl (C=O) groups excluding carboxylic acids is 1. The zero-order valence-corrected chi connectivity index (χ0v) is 10.4. The third kappa shape index (κ3) is 2.94. The first-order valence-corrected chi connectivity index (χ1v) is 6.15. The fraction of sp³-hybridized carbons (Fsp3) is 0.312. The van der Waals surface area contributed by atoms with E-state index >= 15 is 0 Å². The summed E-state index contributed by atoms with van der Waals surface area (Å²) in [5, 5.41) is 2.55. The number of benzene rings is 2. The summed E-state index contributed by atoms with van der Waals surface area (Å²) in [6.45, 7) is 3.85. The summed E-state index contributed by atoms with van der Waals surface area (Å²) in [4.78, 5) is 11.0. The van der Waals surface area contributed by atoms with Crippen molar-refractivity contribution >= 4 is 16.6 Å². The standard InChI is InChI=1S/C16H18O/c1-12(7-8-13(2)17)15-10-9-14-5-3-4-6-16(14)11-15/h3-6,9-12H,7-8H2,1-2H3. The fourth-order valence-corrected chi connectivity index (χ4v) is 2.10. The van der Waals surface area contributed by atoms with Crippen molar-refractivity contribution in [2.24, 2.45) is 0 Å². The number of carbonyl (C=O) groups is 1. The van der Waals surface area contributed by atoms with E-state index in [9.17, 15) is 4.79 Å². The van der Waals surface area contributed by atoms with Crippen molar-refractivity contribution in [3.05, 3.63) is 48.0 Å². The molecule has 0 aliphatic carbocycles. The molecule has 0 aromatic heterocycles. The van der Waals surface area contributed by atoms with Crippen LogP contribution in [-0.2, 0) is 4.79 Å². The maximum absolute atomic E-state index is 11.0. The monoisotopic (exact) mass is 226 g/mol. The third-order valence-electron chi connectivity index (χ3n) is 3.27. The summed E-state index contributed by atoms with van der Waals surface area (Å²) < 4.78 is 0. The lowest BCUT2D eigenvalue weighted by molar-refractivity contribution is -0.117. The van der Waals surface area contributed by atoms with Gasteiger partial charge in [-0.15, -0.1) is 0 Å². The van der Waals surface area contributed by atoms with Gasteiger partial charge in [0.15, 0.2) is 0 Å². The van der Waals surface area contributed by atoms with Crippen LogP contribution in [0.2, 0.25) is 0 Å². The minimum Gasteiger partial charge on any atom is -0.300 e. The van der Waals surface area contributed by atoms with Gasteiger partial charge < -0.3 is 4.79 Å². The molecule has 88 valence electrons. The molecule has 1 nitrogen and oxygen atoms in total. The Labute approximate surface area is 102 Å². The Morgan fingerprint density at radius 2 is 1.82 bits per heavy atom. The van der Waals surface area contributed by atoms with Crippen molar-refractivity contribution in [2.45, 2.75) is 32.6 Å². The molecule has 0 radical (unpaired) electrons. The summed E-state index contributed by atoms with van der Waals surface area (Å²) >= 11 is 0. The topological polar surface area (TPSA) is 17.1 Å². The number of Topliss-reactive ketones (excluding diaryl/α,β-unsaturated/α-hetero) is 1. The van der Waals surface area contributed by atoms with E-state index < -0.39 is 0 Å². The van der Waals surface area contributed by atoms with Crippen LogP contribution >= 0.6 is 0 Å². The minimum atomic E-state index is 0.276. The van der Waals surface area contributed by atoms with E-state index in [1.807, 2.05) is 0 Å². The number of hydrogen-bond donors (Lipinski definition) is 0. The molecule has 0 spiro atoms. The van der Waals surface area contributed by atoms with Crippen LogP contribution in [0.5, 0.6) is 0 Å². The van der Waals surface area contributed by atoms with Crippen LogP contribution in [0.25, 0.3) is 10.8 Å². The van der Waals surface area contributed by atoms with Gasteiger partial charge in [-0.2, -0.15) is 0 Å². The van der Waals surface area contributed by atoms with Gasteiger partial charge in [0.2, 0.25) is 0 Å². The zero-order valence-electron chi connectivity index (χ0n) is 10.4. The lowest BCUT2D eigenvalue weighted by Gasteiger charge is -2.11. The second-order valence-corrected chi connectivity index (χ2v) is 4.75. The molecule has 0 bridgehead atoms. The SMILES string of the molecule is CC(=O)CCC(C)c1ccc2ccccc2c1. The Bertz CT molecular complexity index is 528. The second kappa shape index (κ2) is 5.13. The van der Waals surface area contributed by atoms with Gasteiger partial charge in [-0.05, 0) is 35.6 Å². The zero-order chi connectivity index (χ0) is 12.3. The quantitative estimate of drug-likeness (QED) is 0.759. The molecule has 1 atom stereocenters. The predicted molar refractivity (Wildman–Crippen MR) is 72.3 cm³/mol. The number of ketones is 1. The summed E-state index contributed by atoms with van der Waals surface area (Å²) in [6, 6.07) is 15.0. The molecule has 0 aliphatic heterocycles. The van der Waals surface area contributed by atoms with E-state index in [4.69, 9.17) is 0 Å². The van der Waals surface area contributed by atoms with Crippen LogP contribution in [0, 0.1) is 0 Å². The van der Waals surface area contributed by atoms with E-state index in [-0.39, 0.29) is 5.78 Å². The van der Waals surface area contributed by atoms with Crippen LogP contribution in [-0.4, -0.2) is 5.78 Å². The molecule has 2 rings (SSSR count). The molecular weight excluding hydrogens is 208 g/mol. The smallest absolute Gasteiger partial charge is 0.129 e. The molecule has 2 aromatic rings. The van der Waals surface area contributed by atoms with Gasteiger partial charge in [-0.25, -0.2) is 0 Å². The van der Waals surface area contributed by atoms with E-state index in [2.05, 4.69) is 49.4 Å². The van der Waals surface area contributed by atoms with Crippen LogP contribution in [0.1, 0.15) is 38.2 Å². The summed E-state index contributed by atoms with van der Waals surface area (Å²) in [7, 11) is 0. The predicted octanol–water partition coefficient (Wildman–Crippen LogP) is 4.31. The lowest BCUT2D eigenvalue weighted by Crippen LogP contribution is -1.97. The van der Waals surface area contributed by atoms with E-state index in [1.165, 1.54) is 16.3 Å². The molecule has 0 saturated heterocycles. The molecule has 2 aromatic carbocycles. The summed E-state index contributed by atoms with van der Waals surface area (Å²) in [5.74, 6) is 0.723. The molecule has 0 saturated carbocycles. The molecule has 0 aliphatic rings. The van der Waals surface area contributed by atoms with E-state index in [1.54, 1.807) is 6.92 Å². The molecule has 0 heterocycles. The number of hydrogen-bond acceptors (Lipinski definition) is 1. The van der Waals surface area contributed by atoms with Crippen LogP contribution in [0.3, 0.4) is 0 Å². The Kier molecular flexibility index (Phi) is 3.58. The first kappa shape index (κ1) is 11.8. The van der Waals surface area contributed by atoms with Crippen LogP contribution < -0.4 is 0 Å². The largest absolute Gasteiger partial charge is 0.300 e. The van der Waals surface area contributed by atoms with Gasteiger partial charge in [0.05, 0.1) is 0 Å². The average Bonchev–Trinajstić information content (AvgIpc) is 2.35. The van der Waals surface area contributed by atoms with Crippen molar-refractivity contribution in [3.8, 4) is 0 Å². The fourth-order valence-electron chi connectivity index (χ4n) is 2.10. The molecule has 0 fully saturated rings. The molecular formula is C16H18O. The Balaban J connectivity index is 2.20. The van der Waals surface area contributed by atoms with Crippen LogP contribution in [0.15, 0.2) is 42.5 Å². The molecule has 0 amide bonds. The van der Waals surface area contributed by atoms with Crippen molar-refractivity contribution in [1.82, 2.24) is 0 Å². The van der Waals surface area contributed by atoms with Crippen molar-refractivity contribution in [2.75, 3.05) is 0 Å². The van der Waals surface area contributed by atoms with Crippen LogP contribution in [0.4, 0.5) is 0 Å². The lowest BCUT2D eigenvalue weighted by atomic mass is 9.93. The molecule has 17 heavy (non-hydrogen) atoms. The number of fused-ring (bicyclic) bond motifs is 1. The van der Waals surface area contributed by atoms with Gasteiger partial charge in [0.25, 0.3) is 0 Å². The van der Waals surface area contributed by atoms with Gasteiger partial charge in [-0.1, -0.05) is 49.4 Å². The molecule has 1 heteroatoms. The van der Waals surface area contributed by atoms with Gasteiger partial charge >= 0.3 is 0 Å². The third-order valence-corrected chi connectivity index (χ3v) is 3.27. The number of rotatable bonds is 4. The molecule has 0 N–H and O–H groups in total. The Morgan fingerprint density at radius 1 is 1.12 bits per heavy atom. The van der Waals surface area contributed by atoms with E-state index in [0.29, 0.717) is 12.3 Å². The van der Waals surface area contributed by atoms with Crippen molar-refractivity contribution in [1.29, 1.82) is 0 Å². The second-order valence-electron chi connectivity index (χ2n) is 4.75. The highest BCUT2D eigenvalue weighted by Crippen LogP contribution is 2.24. The average molecular weight is 226 g/mol. The summed E-state index contributed by atoms with van der Waals surface area (Å²) in [6.07, 6.45) is 1.61. The van der Waals surface area contributed by atoms with E-state index in [0.717, 1.165) is 6.42 Å². The highest BCUT2D eigenvalue weighted by atomic mass is 16.1. The Hall–Kier alpha value is -1.63. The maximum Gasteiger partial charge on any atom is 0.129 e. The normalized spacial score (nSPS) is 12.6.